The number of Topliss-reactive ketones (excluding diaryl/α,β-unsaturated/α-hetero) is 1. The molecular formula is C17H24O2. The molecule has 1 aliphatic carbocycles. The van der Waals surface area contributed by atoms with Crippen molar-refractivity contribution in [2.75, 3.05) is 0 Å². The van der Waals surface area contributed by atoms with E-state index in [0.29, 0.717) is 5.92 Å². The zero-order valence-corrected chi connectivity index (χ0v) is 11.9. The molecule has 1 aromatic rings. The third kappa shape index (κ3) is 3.90. The maximum atomic E-state index is 12.4. The minimum atomic E-state index is -0.197. The minimum Gasteiger partial charge on any atom is -0.393 e. The van der Waals surface area contributed by atoms with Crippen molar-refractivity contribution in [3.63, 3.8) is 0 Å². The monoisotopic (exact) mass is 260 g/mol. The third-order valence-electron chi connectivity index (χ3n) is 3.95. The van der Waals surface area contributed by atoms with Crippen LogP contribution >= 0.6 is 0 Å². The molecule has 1 saturated carbocycles. The Kier molecular flexibility index (Phi) is 4.76. The first-order chi connectivity index (χ1) is 9.06. The molecule has 0 radical (unpaired) electrons. The number of hydrogen-bond donors (Lipinski definition) is 1. The second-order valence-corrected chi connectivity index (χ2v) is 6.16. The lowest BCUT2D eigenvalue weighted by Crippen LogP contribution is -2.24. The molecule has 0 atom stereocenters. The van der Waals surface area contributed by atoms with Crippen LogP contribution < -0.4 is 0 Å². The van der Waals surface area contributed by atoms with Crippen LogP contribution in [0, 0.1) is 11.8 Å². The van der Waals surface area contributed by atoms with Crippen LogP contribution in [0.15, 0.2) is 24.3 Å². The van der Waals surface area contributed by atoms with E-state index in [1.165, 1.54) is 5.56 Å². The Morgan fingerprint density at radius 1 is 1.16 bits per heavy atom. The summed E-state index contributed by atoms with van der Waals surface area (Å²) in [6, 6.07) is 8.08. The number of aliphatic hydroxyl groups excluding tert-OH is 1. The third-order valence-corrected chi connectivity index (χ3v) is 3.95. The van der Waals surface area contributed by atoms with E-state index in [-0.39, 0.29) is 17.8 Å². The molecule has 0 heterocycles. The maximum Gasteiger partial charge on any atom is 0.165 e. The van der Waals surface area contributed by atoms with E-state index < -0.39 is 0 Å². The summed E-state index contributed by atoms with van der Waals surface area (Å²) in [4.78, 5) is 12.4. The zero-order chi connectivity index (χ0) is 13.8. The van der Waals surface area contributed by atoms with E-state index in [0.717, 1.165) is 37.7 Å². The highest BCUT2D eigenvalue weighted by atomic mass is 16.3. The second-order valence-electron chi connectivity index (χ2n) is 6.16. The quantitative estimate of drug-likeness (QED) is 0.840. The summed E-state index contributed by atoms with van der Waals surface area (Å²) in [5, 5.41) is 9.49. The SMILES string of the molecule is CC(C)Cc1ccc(C(=O)C2CCC(O)CC2)cc1. The van der Waals surface area contributed by atoms with Gasteiger partial charge in [0.25, 0.3) is 0 Å². The van der Waals surface area contributed by atoms with Crippen LogP contribution in [0.5, 0.6) is 0 Å². The summed E-state index contributed by atoms with van der Waals surface area (Å²) in [6.07, 6.45) is 4.05. The average molecular weight is 260 g/mol. The van der Waals surface area contributed by atoms with Crippen molar-refractivity contribution in [2.45, 2.75) is 52.1 Å². The number of ketones is 1. The molecule has 2 rings (SSSR count). The molecule has 1 fully saturated rings. The molecule has 0 spiro atoms. The number of aliphatic hydroxyl groups is 1. The van der Waals surface area contributed by atoms with Gasteiger partial charge in [-0.1, -0.05) is 38.1 Å². The molecule has 104 valence electrons. The molecule has 1 aliphatic rings. The summed E-state index contributed by atoms with van der Waals surface area (Å²) in [5.74, 6) is 1.00. The highest BCUT2D eigenvalue weighted by molar-refractivity contribution is 5.97. The van der Waals surface area contributed by atoms with Gasteiger partial charge in [-0.15, -0.1) is 0 Å². The highest BCUT2D eigenvalue weighted by Crippen LogP contribution is 2.27. The Bertz CT molecular complexity index is 411. The van der Waals surface area contributed by atoms with Gasteiger partial charge in [0, 0.05) is 11.5 Å². The van der Waals surface area contributed by atoms with Gasteiger partial charge in [0.2, 0.25) is 0 Å². The lowest BCUT2D eigenvalue weighted by Gasteiger charge is -2.24. The van der Waals surface area contributed by atoms with Crippen molar-refractivity contribution in [3.8, 4) is 0 Å². The first-order valence-electron chi connectivity index (χ1n) is 7.37. The smallest absolute Gasteiger partial charge is 0.165 e. The summed E-state index contributed by atoms with van der Waals surface area (Å²) >= 11 is 0. The average Bonchev–Trinajstić information content (AvgIpc) is 2.39. The molecule has 0 aromatic heterocycles. The Morgan fingerprint density at radius 3 is 2.26 bits per heavy atom. The number of hydrogen-bond acceptors (Lipinski definition) is 2. The summed E-state index contributed by atoms with van der Waals surface area (Å²) < 4.78 is 0. The van der Waals surface area contributed by atoms with Gasteiger partial charge < -0.3 is 5.11 Å². The Hall–Kier alpha value is -1.15. The predicted molar refractivity (Wildman–Crippen MR) is 77.3 cm³/mol. The maximum absolute atomic E-state index is 12.4. The fraction of sp³-hybridized carbons (Fsp3) is 0.588. The van der Waals surface area contributed by atoms with Crippen LogP contribution in [0.25, 0.3) is 0 Å². The van der Waals surface area contributed by atoms with Gasteiger partial charge >= 0.3 is 0 Å². The van der Waals surface area contributed by atoms with Crippen molar-refractivity contribution < 1.29 is 9.90 Å². The lowest BCUT2D eigenvalue weighted by molar-refractivity contribution is 0.0764. The van der Waals surface area contributed by atoms with Crippen LogP contribution in [0.1, 0.15) is 55.5 Å². The van der Waals surface area contributed by atoms with Gasteiger partial charge in [0.1, 0.15) is 0 Å². The number of carbonyl (C=O) groups is 1. The van der Waals surface area contributed by atoms with Crippen molar-refractivity contribution >= 4 is 5.78 Å². The molecule has 0 amide bonds. The van der Waals surface area contributed by atoms with Gasteiger partial charge in [-0.2, -0.15) is 0 Å². The van der Waals surface area contributed by atoms with E-state index in [1.54, 1.807) is 0 Å². The standard InChI is InChI=1S/C17H24O2/c1-12(2)11-13-3-5-14(6-4-13)17(19)15-7-9-16(18)10-8-15/h3-6,12,15-16,18H,7-11H2,1-2H3. The fourth-order valence-corrected chi connectivity index (χ4v) is 2.85. The van der Waals surface area contributed by atoms with Crippen molar-refractivity contribution in [1.29, 1.82) is 0 Å². The van der Waals surface area contributed by atoms with E-state index in [2.05, 4.69) is 26.0 Å². The first-order valence-corrected chi connectivity index (χ1v) is 7.37. The number of benzene rings is 1. The van der Waals surface area contributed by atoms with Gasteiger partial charge in [-0.3, -0.25) is 4.79 Å². The number of carbonyl (C=O) groups excluding carboxylic acids is 1. The summed E-state index contributed by atoms with van der Waals surface area (Å²) in [5.41, 5.74) is 2.12. The van der Waals surface area contributed by atoms with Crippen LogP contribution in [-0.2, 0) is 6.42 Å². The van der Waals surface area contributed by atoms with E-state index in [4.69, 9.17) is 0 Å². The Labute approximate surface area is 115 Å². The van der Waals surface area contributed by atoms with Gasteiger partial charge in [0.15, 0.2) is 5.78 Å². The van der Waals surface area contributed by atoms with Gasteiger partial charge in [0.05, 0.1) is 6.10 Å². The minimum absolute atomic E-state index is 0.111. The van der Waals surface area contributed by atoms with Crippen molar-refractivity contribution in [2.24, 2.45) is 11.8 Å². The Morgan fingerprint density at radius 2 is 1.74 bits per heavy atom. The van der Waals surface area contributed by atoms with Crippen molar-refractivity contribution in [3.05, 3.63) is 35.4 Å². The summed E-state index contributed by atoms with van der Waals surface area (Å²) in [6.45, 7) is 4.40. The van der Waals surface area contributed by atoms with Crippen LogP contribution in [0.3, 0.4) is 0 Å². The fourth-order valence-electron chi connectivity index (χ4n) is 2.85. The Balaban J connectivity index is 1.99. The molecule has 0 aliphatic heterocycles. The molecule has 1 aromatic carbocycles. The second kappa shape index (κ2) is 6.33. The molecule has 1 N–H and O–H groups in total. The molecular weight excluding hydrogens is 236 g/mol. The number of rotatable bonds is 4. The first kappa shape index (κ1) is 14.3. The van der Waals surface area contributed by atoms with E-state index >= 15 is 0 Å². The zero-order valence-electron chi connectivity index (χ0n) is 11.9. The highest BCUT2D eigenvalue weighted by Gasteiger charge is 2.25. The van der Waals surface area contributed by atoms with Crippen LogP contribution in [-0.4, -0.2) is 17.0 Å². The molecule has 2 heteroatoms. The van der Waals surface area contributed by atoms with Gasteiger partial charge in [-0.25, -0.2) is 0 Å². The molecule has 2 nitrogen and oxygen atoms in total. The molecule has 0 unspecified atom stereocenters. The van der Waals surface area contributed by atoms with E-state index in [1.807, 2.05) is 12.1 Å². The van der Waals surface area contributed by atoms with Crippen LogP contribution in [0.2, 0.25) is 0 Å². The summed E-state index contributed by atoms with van der Waals surface area (Å²) in [7, 11) is 0. The topological polar surface area (TPSA) is 37.3 Å². The van der Waals surface area contributed by atoms with Crippen LogP contribution in [0.4, 0.5) is 0 Å². The lowest BCUT2D eigenvalue weighted by atomic mass is 9.82. The molecule has 0 bridgehead atoms. The van der Waals surface area contributed by atoms with E-state index in [9.17, 15) is 9.90 Å². The largest absolute Gasteiger partial charge is 0.393 e. The normalized spacial score (nSPS) is 23.6. The molecule has 19 heavy (non-hydrogen) atoms. The van der Waals surface area contributed by atoms with Crippen molar-refractivity contribution in [1.82, 2.24) is 0 Å². The predicted octanol–water partition coefficient (Wildman–Crippen LogP) is 3.62. The molecule has 0 saturated heterocycles. The van der Waals surface area contributed by atoms with Gasteiger partial charge in [-0.05, 0) is 43.6 Å².